The molecule has 1 aliphatic carbocycles. The van der Waals surface area contributed by atoms with Gasteiger partial charge in [-0.05, 0) is 12.8 Å². The number of esters is 1. The van der Waals surface area contributed by atoms with Crippen molar-refractivity contribution in [2.75, 3.05) is 7.11 Å². The van der Waals surface area contributed by atoms with Gasteiger partial charge in [0.25, 0.3) is 0 Å². The molecule has 0 amide bonds. The third-order valence-electron chi connectivity index (χ3n) is 2.89. The van der Waals surface area contributed by atoms with Gasteiger partial charge in [0, 0.05) is 0 Å². The predicted molar refractivity (Wildman–Crippen MR) is 52.4 cm³/mol. The molecule has 0 aromatic heterocycles. The maximum atomic E-state index is 11.3. The minimum atomic E-state index is 0.00176. The van der Waals surface area contributed by atoms with Crippen LogP contribution in [0, 0.1) is 5.92 Å². The van der Waals surface area contributed by atoms with E-state index in [9.17, 15) is 4.79 Å². The molecule has 1 rings (SSSR count). The van der Waals surface area contributed by atoms with E-state index in [4.69, 9.17) is 4.74 Å². The second-order valence-electron chi connectivity index (χ2n) is 3.92. The van der Waals surface area contributed by atoms with E-state index < -0.39 is 0 Å². The summed E-state index contributed by atoms with van der Waals surface area (Å²) in [6, 6.07) is 0. The summed E-state index contributed by atoms with van der Waals surface area (Å²) in [5.74, 6) is 0.185. The molecule has 0 radical (unpaired) electrons. The van der Waals surface area contributed by atoms with Crippen LogP contribution >= 0.6 is 0 Å². The smallest absolute Gasteiger partial charge is 0.308 e. The minimum Gasteiger partial charge on any atom is -0.469 e. The fraction of sp³-hybridized carbons (Fsp3) is 0.909. The number of carbonyl (C=O) groups is 1. The van der Waals surface area contributed by atoms with E-state index in [1.807, 2.05) is 0 Å². The highest BCUT2D eigenvalue weighted by molar-refractivity contribution is 5.72. The fourth-order valence-electron chi connectivity index (χ4n) is 2.04. The van der Waals surface area contributed by atoms with Crippen LogP contribution in [0.1, 0.15) is 51.4 Å². The summed E-state index contributed by atoms with van der Waals surface area (Å²) in [4.78, 5) is 11.3. The number of hydrogen-bond donors (Lipinski definition) is 0. The zero-order chi connectivity index (χ0) is 9.52. The molecule has 1 aliphatic rings. The molecule has 0 heterocycles. The van der Waals surface area contributed by atoms with Gasteiger partial charge in [-0.3, -0.25) is 4.79 Å². The zero-order valence-corrected chi connectivity index (χ0v) is 8.55. The third kappa shape index (κ3) is 3.79. The van der Waals surface area contributed by atoms with E-state index >= 15 is 0 Å². The molecule has 0 N–H and O–H groups in total. The molecule has 0 saturated heterocycles. The average Bonchev–Trinajstić information content (AvgIpc) is 2.29. The Balaban J connectivity index is 2.36. The highest BCUT2D eigenvalue weighted by Gasteiger charge is 2.18. The molecular formula is C11H20O2. The van der Waals surface area contributed by atoms with Crippen molar-refractivity contribution in [3.63, 3.8) is 0 Å². The quantitative estimate of drug-likeness (QED) is 0.586. The maximum absolute atomic E-state index is 11.3. The highest BCUT2D eigenvalue weighted by Crippen LogP contribution is 2.22. The summed E-state index contributed by atoms with van der Waals surface area (Å²) in [6.45, 7) is 0. The van der Waals surface area contributed by atoms with Gasteiger partial charge < -0.3 is 4.74 Å². The standard InChI is InChI=1S/C11H20O2/c1-13-11(12)10-8-6-4-2-3-5-7-9-10/h10H,2-9H2,1H3. The van der Waals surface area contributed by atoms with Crippen molar-refractivity contribution < 1.29 is 9.53 Å². The van der Waals surface area contributed by atoms with Crippen molar-refractivity contribution >= 4 is 5.97 Å². The van der Waals surface area contributed by atoms with Gasteiger partial charge in [-0.25, -0.2) is 0 Å². The van der Waals surface area contributed by atoms with Crippen LogP contribution in [0.2, 0.25) is 0 Å². The number of carbonyl (C=O) groups excluding carboxylic acids is 1. The summed E-state index contributed by atoms with van der Waals surface area (Å²) in [5.41, 5.74) is 0. The molecule has 0 aromatic carbocycles. The van der Waals surface area contributed by atoms with Crippen LogP contribution in [0.25, 0.3) is 0 Å². The Hall–Kier alpha value is -0.530. The molecule has 0 unspecified atom stereocenters. The molecule has 13 heavy (non-hydrogen) atoms. The van der Waals surface area contributed by atoms with Crippen molar-refractivity contribution in [2.45, 2.75) is 51.4 Å². The van der Waals surface area contributed by atoms with Gasteiger partial charge in [-0.15, -0.1) is 0 Å². The highest BCUT2D eigenvalue weighted by atomic mass is 16.5. The van der Waals surface area contributed by atoms with Crippen LogP contribution in [-0.2, 0) is 9.53 Å². The summed E-state index contributed by atoms with van der Waals surface area (Å²) < 4.78 is 4.79. The first kappa shape index (κ1) is 10.6. The van der Waals surface area contributed by atoms with Gasteiger partial charge in [0.2, 0.25) is 0 Å². The Morgan fingerprint density at radius 2 is 1.46 bits per heavy atom. The molecule has 76 valence electrons. The Labute approximate surface area is 80.7 Å². The van der Waals surface area contributed by atoms with Crippen LogP contribution < -0.4 is 0 Å². The first-order chi connectivity index (χ1) is 6.34. The second-order valence-corrected chi connectivity index (χ2v) is 3.92. The monoisotopic (exact) mass is 184 g/mol. The molecule has 0 spiro atoms. The summed E-state index contributed by atoms with van der Waals surface area (Å²) in [5, 5.41) is 0. The Morgan fingerprint density at radius 1 is 1.00 bits per heavy atom. The molecule has 0 bridgehead atoms. The Morgan fingerprint density at radius 3 is 1.92 bits per heavy atom. The number of hydrogen-bond acceptors (Lipinski definition) is 2. The van der Waals surface area contributed by atoms with E-state index in [0.29, 0.717) is 0 Å². The SMILES string of the molecule is COC(=O)C1CCCCCCCC1. The van der Waals surface area contributed by atoms with Crippen LogP contribution in [0.3, 0.4) is 0 Å². The van der Waals surface area contributed by atoms with Crippen LogP contribution in [-0.4, -0.2) is 13.1 Å². The fourth-order valence-corrected chi connectivity index (χ4v) is 2.04. The van der Waals surface area contributed by atoms with E-state index in [-0.39, 0.29) is 11.9 Å². The summed E-state index contributed by atoms with van der Waals surface area (Å²) in [7, 11) is 1.50. The van der Waals surface area contributed by atoms with Gasteiger partial charge in [0.15, 0.2) is 0 Å². The van der Waals surface area contributed by atoms with Gasteiger partial charge >= 0.3 is 5.97 Å². The number of methoxy groups -OCH3 is 1. The Bertz CT molecular complexity index is 144. The topological polar surface area (TPSA) is 26.3 Å². The zero-order valence-electron chi connectivity index (χ0n) is 8.55. The lowest BCUT2D eigenvalue weighted by Crippen LogP contribution is -2.15. The molecule has 2 heteroatoms. The van der Waals surface area contributed by atoms with E-state index in [2.05, 4.69) is 0 Å². The van der Waals surface area contributed by atoms with Crippen molar-refractivity contribution in [1.82, 2.24) is 0 Å². The van der Waals surface area contributed by atoms with Gasteiger partial charge in [-0.2, -0.15) is 0 Å². The lowest BCUT2D eigenvalue weighted by Gasteiger charge is -2.12. The molecule has 2 nitrogen and oxygen atoms in total. The number of rotatable bonds is 1. The summed E-state index contributed by atoms with van der Waals surface area (Å²) in [6.07, 6.45) is 9.71. The summed E-state index contributed by atoms with van der Waals surface area (Å²) >= 11 is 0. The molecule has 0 atom stereocenters. The van der Waals surface area contributed by atoms with E-state index in [1.54, 1.807) is 0 Å². The van der Waals surface area contributed by atoms with Crippen molar-refractivity contribution in [3.8, 4) is 0 Å². The molecule has 0 aromatic rings. The lowest BCUT2D eigenvalue weighted by molar-refractivity contribution is -0.146. The first-order valence-corrected chi connectivity index (χ1v) is 5.42. The van der Waals surface area contributed by atoms with Gasteiger partial charge in [-0.1, -0.05) is 38.5 Å². The van der Waals surface area contributed by atoms with Crippen LogP contribution in [0.5, 0.6) is 0 Å². The molecule has 1 saturated carbocycles. The van der Waals surface area contributed by atoms with Crippen LogP contribution in [0.15, 0.2) is 0 Å². The van der Waals surface area contributed by atoms with Gasteiger partial charge in [0.1, 0.15) is 0 Å². The normalized spacial score (nSPS) is 21.3. The third-order valence-corrected chi connectivity index (χ3v) is 2.89. The molecule has 1 fully saturated rings. The van der Waals surface area contributed by atoms with E-state index in [1.165, 1.54) is 45.6 Å². The van der Waals surface area contributed by atoms with Gasteiger partial charge in [0.05, 0.1) is 13.0 Å². The first-order valence-electron chi connectivity index (χ1n) is 5.42. The predicted octanol–water partition coefficient (Wildman–Crippen LogP) is 2.91. The van der Waals surface area contributed by atoms with Crippen molar-refractivity contribution in [3.05, 3.63) is 0 Å². The largest absolute Gasteiger partial charge is 0.469 e. The second kappa shape index (κ2) is 6.01. The Kier molecular flexibility index (Phi) is 4.87. The average molecular weight is 184 g/mol. The minimum absolute atomic E-state index is 0.00176. The maximum Gasteiger partial charge on any atom is 0.308 e. The number of ether oxygens (including phenoxy) is 1. The molecule has 0 aliphatic heterocycles. The van der Waals surface area contributed by atoms with Crippen molar-refractivity contribution in [1.29, 1.82) is 0 Å². The van der Waals surface area contributed by atoms with Crippen LogP contribution in [0.4, 0.5) is 0 Å². The van der Waals surface area contributed by atoms with Crippen molar-refractivity contribution in [2.24, 2.45) is 5.92 Å². The molecular weight excluding hydrogens is 164 g/mol. The van der Waals surface area contributed by atoms with E-state index in [0.717, 1.165) is 12.8 Å². The lowest BCUT2D eigenvalue weighted by atomic mass is 9.97.